The maximum absolute atomic E-state index is 10.5. The summed E-state index contributed by atoms with van der Waals surface area (Å²) in [5.74, 6) is -1.96. The minimum Gasteiger partial charge on any atom is -0.481 e. The monoisotopic (exact) mass is 137 g/mol. The van der Waals surface area contributed by atoms with Gasteiger partial charge in [-0.1, -0.05) is 6.42 Å². The summed E-state index contributed by atoms with van der Waals surface area (Å²) in [6, 6.07) is 0. The fraction of sp³-hybridized carbons (Fsp3) is 0.833. The van der Waals surface area contributed by atoms with Crippen LogP contribution in [0.4, 0.5) is 0 Å². The first-order chi connectivity index (χ1) is 6.46. The van der Waals surface area contributed by atoms with Gasteiger partial charge in [-0.05, 0) is 19.3 Å². The van der Waals surface area contributed by atoms with Crippen molar-refractivity contribution < 1.29 is 18.1 Å². The van der Waals surface area contributed by atoms with Gasteiger partial charge in [-0.25, -0.2) is 0 Å². The third-order valence-electron chi connectivity index (χ3n) is 0.553. The molecule has 0 spiro atoms. The summed E-state index contributed by atoms with van der Waals surface area (Å²) in [4.78, 5) is 10.5. The SMILES string of the molecule is [2H]C([2H])(CN)CC([2H])([2H])C([2H])([2H])C(=O)O. The van der Waals surface area contributed by atoms with Gasteiger partial charge in [0.05, 0.1) is 0 Å². The Kier molecular flexibility index (Phi) is 1.60. The first kappa shape index (κ1) is 2.58. The minimum absolute atomic E-state index is 0.498. The van der Waals surface area contributed by atoms with E-state index >= 15 is 0 Å². The van der Waals surface area contributed by atoms with Crippen LogP contribution in [0, 0.1) is 0 Å². The van der Waals surface area contributed by atoms with E-state index in [-0.39, 0.29) is 0 Å². The van der Waals surface area contributed by atoms with E-state index in [1.165, 1.54) is 0 Å². The van der Waals surface area contributed by atoms with Crippen molar-refractivity contribution in [2.75, 3.05) is 6.54 Å². The second-order valence-corrected chi connectivity index (χ2v) is 1.24. The van der Waals surface area contributed by atoms with E-state index in [9.17, 15) is 4.79 Å². The van der Waals surface area contributed by atoms with Gasteiger partial charge in [0.25, 0.3) is 0 Å². The number of carboxylic acids is 1. The maximum atomic E-state index is 10.5. The van der Waals surface area contributed by atoms with Crippen molar-refractivity contribution in [2.45, 2.75) is 25.5 Å². The normalized spacial score (nSPS) is 24.1. The molecule has 0 aliphatic carbocycles. The molecule has 3 heteroatoms. The molecule has 0 bridgehead atoms. The van der Waals surface area contributed by atoms with Crippen molar-refractivity contribution in [1.82, 2.24) is 0 Å². The number of hydrogen-bond acceptors (Lipinski definition) is 2. The summed E-state index contributed by atoms with van der Waals surface area (Å²) in [5.41, 5.74) is 5.02. The number of rotatable bonds is 5. The molecule has 0 fully saturated rings. The second kappa shape index (κ2) is 5.56. The van der Waals surface area contributed by atoms with E-state index in [2.05, 4.69) is 0 Å². The van der Waals surface area contributed by atoms with Crippen molar-refractivity contribution in [3.8, 4) is 0 Å². The summed E-state index contributed by atoms with van der Waals surface area (Å²) in [5, 5.41) is 8.48. The Morgan fingerprint density at radius 2 is 2.33 bits per heavy atom. The Hall–Kier alpha value is -0.570. The molecular formula is C6H13NO2. The van der Waals surface area contributed by atoms with Gasteiger partial charge < -0.3 is 10.8 Å². The van der Waals surface area contributed by atoms with Crippen molar-refractivity contribution in [3.63, 3.8) is 0 Å². The highest BCUT2D eigenvalue weighted by molar-refractivity contribution is 5.66. The molecule has 3 nitrogen and oxygen atoms in total. The smallest absolute Gasteiger partial charge is 0.303 e. The molecule has 0 amide bonds. The van der Waals surface area contributed by atoms with Gasteiger partial charge in [0.1, 0.15) is 0 Å². The Bertz CT molecular complexity index is 254. The zero-order valence-corrected chi connectivity index (χ0v) is 4.85. The van der Waals surface area contributed by atoms with Gasteiger partial charge in [-0.15, -0.1) is 0 Å². The van der Waals surface area contributed by atoms with Gasteiger partial charge in [0, 0.05) is 14.6 Å². The first-order valence-corrected chi connectivity index (χ1v) is 2.40. The molecule has 0 saturated carbocycles. The number of carbonyl (C=O) groups is 1. The fourth-order valence-electron chi connectivity index (χ4n) is 0.254. The Labute approximate surface area is 63.3 Å². The molecule has 0 aromatic heterocycles. The van der Waals surface area contributed by atoms with Crippen LogP contribution in [0.5, 0.6) is 0 Å². The molecule has 0 radical (unpaired) electrons. The summed E-state index contributed by atoms with van der Waals surface area (Å²) >= 11 is 0. The van der Waals surface area contributed by atoms with Crippen LogP contribution in [0.1, 0.15) is 33.8 Å². The van der Waals surface area contributed by atoms with Crippen LogP contribution in [0.2, 0.25) is 0 Å². The quantitative estimate of drug-likeness (QED) is 0.583. The topological polar surface area (TPSA) is 63.3 Å². The zero-order chi connectivity index (χ0) is 12.5. The van der Waals surface area contributed by atoms with Crippen molar-refractivity contribution in [2.24, 2.45) is 5.73 Å². The van der Waals surface area contributed by atoms with Crippen LogP contribution in [0.3, 0.4) is 0 Å². The third-order valence-corrected chi connectivity index (χ3v) is 0.553. The van der Waals surface area contributed by atoms with Crippen molar-refractivity contribution >= 4 is 5.97 Å². The standard InChI is InChI=1S/C6H13NO2/c7-5-3-1-2-4-6(8)9/h1-5,7H2,(H,8,9)/i2D2,3D2,4D2. The van der Waals surface area contributed by atoms with E-state index in [4.69, 9.17) is 19.1 Å². The number of hydrogen-bond donors (Lipinski definition) is 2. The molecule has 0 saturated heterocycles. The molecular weight excluding hydrogens is 118 g/mol. The van der Waals surface area contributed by atoms with Gasteiger partial charge in [0.2, 0.25) is 0 Å². The molecule has 0 rings (SSSR count). The molecule has 0 unspecified atom stereocenters. The van der Waals surface area contributed by atoms with Gasteiger partial charge >= 0.3 is 5.97 Å². The molecule has 9 heavy (non-hydrogen) atoms. The molecule has 0 aliphatic rings. The Morgan fingerprint density at radius 1 is 1.67 bits per heavy atom. The van der Waals surface area contributed by atoms with Crippen LogP contribution in [0.25, 0.3) is 0 Å². The molecule has 0 aromatic carbocycles. The van der Waals surface area contributed by atoms with Crippen LogP contribution in [-0.4, -0.2) is 17.6 Å². The minimum atomic E-state index is -3.14. The van der Waals surface area contributed by atoms with Gasteiger partial charge in [-0.2, -0.15) is 0 Å². The highest BCUT2D eigenvalue weighted by atomic mass is 16.4. The van der Waals surface area contributed by atoms with Crippen LogP contribution in [-0.2, 0) is 4.79 Å². The average molecular weight is 137 g/mol. The van der Waals surface area contributed by atoms with Crippen LogP contribution >= 0.6 is 0 Å². The first-order valence-electron chi connectivity index (χ1n) is 5.40. The number of nitrogens with two attached hydrogens (primary N) is 1. The molecule has 0 aliphatic heterocycles. The van der Waals surface area contributed by atoms with E-state index in [0.717, 1.165) is 0 Å². The predicted molar refractivity (Wildman–Crippen MR) is 35.2 cm³/mol. The molecule has 0 aromatic rings. The summed E-state index contributed by atoms with van der Waals surface area (Å²) in [7, 11) is 0. The van der Waals surface area contributed by atoms with E-state index < -0.39 is 38.1 Å². The lowest BCUT2D eigenvalue weighted by molar-refractivity contribution is -0.137. The van der Waals surface area contributed by atoms with Gasteiger partial charge in [-0.3, -0.25) is 4.79 Å². The second-order valence-electron chi connectivity index (χ2n) is 1.24. The lowest BCUT2D eigenvalue weighted by Crippen LogP contribution is -1.99. The van der Waals surface area contributed by atoms with Crippen molar-refractivity contribution in [1.29, 1.82) is 0 Å². The van der Waals surface area contributed by atoms with E-state index in [1.807, 2.05) is 0 Å². The van der Waals surface area contributed by atoms with E-state index in [1.54, 1.807) is 0 Å². The van der Waals surface area contributed by atoms with Gasteiger partial charge in [0.15, 0.2) is 0 Å². The highest BCUT2D eigenvalue weighted by Gasteiger charge is 1.94. The molecule has 0 heterocycles. The Balaban J connectivity index is 4.91. The van der Waals surface area contributed by atoms with Crippen LogP contribution in [0.15, 0.2) is 0 Å². The lowest BCUT2D eigenvalue weighted by atomic mass is 10.2. The zero-order valence-electron chi connectivity index (χ0n) is 10.8. The summed E-state index contributed by atoms with van der Waals surface area (Å²) < 4.78 is 42.9. The molecule has 54 valence electrons. The molecule has 0 atom stereocenters. The Morgan fingerprint density at radius 3 is 2.78 bits per heavy atom. The summed E-state index contributed by atoms with van der Waals surface area (Å²) in [6.07, 6.45) is -9.00. The van der Waals surface area contributed by atoms with Crippen LogP contribution < -0.4 is 5.73 Å². The number of aliphatic carboxylic acids is 1. The summed E-state index contributed by atoms with van der Waals surface area (Å²) in [6.45, 7) is -0.498. The number of carboxylic acid groups (broad SMARTS) is 1. The third kappa shape index (κ3) is 7.43. The fourth-order valence-corrected chi connectivity index (χ4v) is 0.254. The van der Waals surface area contributed by atoms with Crippen molar-refractivity contribution in [3.05, 3.63) is 0 Å². The average Bonchev–Trinajstić information content (AvgIpc) is 2.02. The molecule has 3 N–H and O–H groups in total. The maximum Gasteiger partial charge on any atom is 0.303 e. The predicted octanol–water partition coefficient (Wildman–Crippen LogP) is 0.590. The largest absolute Gasteiger partial charge is 0.481 e. The van der Waals surface area contributed by atoms with E-state index in [0.29, 0.717) is 0 Å². The highest BCUT2D eigenvalue weighted by Crippen LogP contribution is 1.97. The lowest BCUT2D eigenvalue weighted by Gasteiger charge is -1.93.